The fourth-order valence-corrected chi connectivity index (χ4v) is 2.90. The molecule has 0 saturated heterocycles. The minimum Gasteiger partial charge on any atom is -0.748 e. The quantitative estimate of drug-likeness (QED) is 0.552. The number of halogens is 1. The Morgan fingerprint density at radius 2 is 1.94 bits per heavy atom. The highest BCUT2D eigenvalue weighted by molar-refractivity contribution is 7.84. The van der Waals surface area contributed by atoms with Crippen molar-refractivity contribution >= 4 is 27.7 Å². The predicted molar refractivity (Wildman–Crippen MR) is 114 cm³/mol. The van der Waals surface area contributed by atoms with Crippen LogP contribution in [0.4, 0.5) is 16.0 Å². The molecule has 4 rings (SSSR count). The molecule has 1 saturated carbocycles. The lowest BCUT2D eigenvalue weighted by Crippen LogP contribution is -2.15. The zero-order chi connectivity index (χ0) is 23.5. The molecule has 4 N–H and O–H groups in total. The van der Waals surface area contributed by atoms with E-state index in [1.54, 1.807) is 36.5 Å². The number of benzene rings is 1. The molecule has 0 spiro atoms. The van der Waals surface area contributed by atoms with Crippen molar-refractivity contribution in [3.05, 3.63) is 59.7 Å². The van der Waals surface area contributed by atoms with Gasteiger partial charge in [-0.2, -0.15) is 0 Å². The third-order valence-electron chi connectivity index (χ3n) is 4.95. The summed E-state index contributed by atoms with van der Waals surface area (Å²) in [5.41, 5.74) is 7.48. The van der Waals surface area contributed by atoms with Crippen LogP contribution in [0.3, 0.4) is 0 Å². The van der Waals surface area contributed by atoms with Crippen LogP contribution in [-0.2, 0) is 26.7 Å². The number of amides is 1. The second kappa shape index (κ2) is 9.05. The number of anilines is 2. The van der Waals surface area contributed by atoms with Crippen LogP contribution < -0.4 is 16.0 Å². The highest BCUT2D eigenvalue weighted by Crippen LogP contribution is 2.48. The van der Waals surface area contributed by atoms with Gasteiger partial charge in [0.1, 0.15) is 11.6 Å². The molecular formula is C21H23FN4O5S. The van der Waals surface area contributed by atoms with Crippen LogP contribution in [0, 0.1) is 5.82 Å². The van der Waals surface area contributed by atoms with Crippen LogP contribution >= 0.6 is 0 Å². The summed E-state index contributed by atoms with van der Waals surface area (Å²) >= 11 is 0. The molecule has 1 amide bonds. The molecule has 0 bridgehead atoms. The number of nitrogens with zero attached hydrogens (tertiary/aromatic N) is 1. The Balaban J connectivity index is 0.000000523. The van der Waals surface area contributed by atoms with Crippen molar-refractivity contribution in [1.82, 2.24) is 5.16 Å². The number of nitrogens with two attached hydrogens (primary N) is 1. The molecule has 9 nitrogen and oxygen atoms in total. The van der Waals surface area contributed by atoms with Gasteiger partial charge in [0.15, 0.2) is 5.82 Å². The molecule has 0 radical (unpaired) electrons. The molecule has 11 heteroatoms. The molecule has 2 aromatic heterocycles. The summed E-state index contributed by atoms with van der Waals surface area (Å²) < 4.78 is 47.0. The van der Waals surface area contributed by atoms with Crippen molar-refractivity contribution < 1.29 is 31.7 Å². The normalized spacial score (nSPS) is 14.2. The summed E-state index contributed by atoms with van der Waals surface area (Å²) in [7, 11) is -3.92. The Labute approximate surface area is 184 Å². The molecule has 1 fully saturated rings. The van der Waals surface area contributed by atoms with Gasteiger partial charge in [-0.25, -0.2) is 17.8 Å². The molecule has 0 atom stereocenters. The number of pyridine rings is 1. The molecule has 2 heterocycles. The predicted octanol–water partition coefficient (Wildman–Crippen LogP) is 2.27. The molecular weight excluding hydrogens is 439 g/mol. The summed E-state index contributed by atoms with van der Waals surface area (Å²) in [4.78, 5) is 15.1. The standard InChI is InChI=1S/C20H19FN4O2.CH4O3S/c1-20(6-7-20)16-10-18(25-27-16)24-19(26)9-13-3-2-12(8-15(13)21)14-4-5-17(22)23-11-14;1-5(2,3)4/h2-5,8,10-11H,6-7,9H2,1H3,(H2,22,23)(H,24,25,26);1H3,(H,2,3,4). The number of aromatic nitrogens is 2. The fourth-order valence-electron chi connectivity index (χ4n) is 2.90. The molecule has 1 aliphatic rings. The number of aromatic amines is 1. The Morgan fingerprint density at radius 1 is 1.28 bits per heavy atom. The van der Waals surface area contributed by atoms with Gasteiger partial charge in [0.05, 0.1) is 22.7 Å². The number of carbonyl (C=O) groups excluding carboxylic acids is 1. The lowest BCUT2D eigenvalue weighted by Gasteiger charge is -2.06. The van der Waals surface area contributed by atoms with Gasteiger partial charge in [0.2, 0.25) is 5.91 Å². The number of nitrogen functional groups attached to an aromatic ring is 1. The van der Waals surface area contributed by atoms with Gasteiger partial charge in [-0.1, -0.05) is 24.2 Å². The van der Waals surface area contributed by atoms with Crippen LogP contribution in [0.15, 0.2) is 47.1 Å². The van der Waals surface area contributed by atoms with Crippen LogP contribution in [0.1, 0.15) is 31.1 Å². The van der Waals surface area contributed by atoms with Gasteiger partial charge in [-0.3, -0.25) is 10.5 Å². The minimum absolute atomic E-state index is 0.0391. The molecule has 0 unspecified atom stereocenters. The van der Waals surface area contributed by atoms with E-state index in [2.05, 4.69) is 22.4 Å². The number of nitrogens with one attached hydrogen (secondary N) is 2. The highest BCUT2D eigenvalue weighted by atomic mass is 32.2. The Morgan fingerprint density at radius 3 is 2.50 bits per heavy atom. The molecule has 1 aromatic carbocycles. The lowest BCUT2D eigenvalue weighted by molar-refractivity contribution is -0.359. The van der Waals surface area contributed by atoms with Crippen molar-refractivity contribution in [2.24, 2.45) is 0 Å². The number of hydrogen-bond donors (Lipinski definition) is 2. The van der Waals surface area contributed by atoms with E-state index in [9.17, 15) is 9.18 Å². The zero-order valence-electron chi connectivity index (χ0n) is 17.5. The second-order valence-corrected chi connectivity index (χ2v) is 9.31. The van der Waals surface area contributed by atoms with Crippen LogP contribution in [0.5, 0.6) is 0 Å². The maximum Gasteiger partial charge on any atom is 0.270 e. The van der Waals surface area contributed by atoms with E-state index in [1.807, 2.05) is 0 Å². The lowest BCUT2D eigenvalue weighted by atomic mass is 10.0. The fraction of sp³-hybridized carbons (Fsp3) is 0.286. The van der Waals surface area contributed by atoms with Gasteiger partial charge >= 0.3 is 0 Å². The van der Waals surface area contributed by atoms with Crippen molar-refractivity contribution in [3.8, 4) is 11.1 Å². The average molecular weight is 463 g/mol. The maximum atomic E-state index is 14.4. The Hall–Kier alpha value is -3.31. The average Bonchev–Trinajstić information content (AvgIpc) is 3.26. The first-order valence-corrected chi connectivity index (χ1v) is 11.5. The van der Waals surface area contributed by atoms with Crippen LogP contribution in [-0.4, -0.2) is 30.3 Å². The highest BCUT2D eigenvalue weighted by Gasteiger charge is 2.43. The van der Waals surface area contributed by atoms with Crippen LogP contribution in [0.2, 0.25) is 0 Å². The minimum atomic E-state index is -3.92. The summed E-state index contributed by atoms with van der Waals surface area (Å²) in [6, 6.07) is 10.0. The topological polar surface area (TPSA) is 152 Å². The number of rotatable bonds is 5. The number of H-pyrrole nitrogens is 1. The van der Waals surface area contributed by atoms with E-state index in [-0.39, 0.29) is 17.7 Å². The smallest absolute Gasteiger partial charge is 0.270 e. The van der Waals surface area contributed by atoms with Gasteiger partial charge in [0, 0.05) is 29.4 Å². The van der Waals surface area contributed by atoms with E-state index in [0.717, 1.165) is 24.2 Å². The molecule has 170 valence electrons. The van der Waals surface area contributed by atoms with Crippen molar-refractivity contribution in [1.29, 1.82) is 0 Å². The Bertz CT molecular complexity index is 1210. The first-order valence-electron chi connectivity index (χ1n) is 9.67. The number of hydrogen-bond acceptors (Lipinski definition) is 7. The SMILES string of the molecule is CC1(c2cc(NC(=O)Cc3ccc(-c4ccc(N)[nH+]c4)cc3F)no2)CC1.CS(=O)(=O)[O-]. The number of carbonyl (C=O) groups is 1. The summed E-state index contributed by atoms with van der Waals surface area (Å²) in [5, 5.41) is 6.53. The van der Waals surface area contributed by atoms with E-state index in [0.29, 0.717) is 29.0 Å². The first-order chi connectivity index (χ1) is 14.9. The van der Waals surface area contributed by atoms with Gasteiger partial charge in [-0.05, 0) is 36.1 Å². The van der Waals surface area contributed by atoms with E-state index >= 15 is 0 Å². The summed E-state index contributed by atoms with van der Waals surface area (Å²) in [6.45, 7) is 2.09. The summed E-state index contributed by atoms with van der Waals surface area (Å²) in [6.07, 6.45) is 4.34. The largest absolute Gasteiger partial charge is 0.748 e. The second-order valence-electron chi connectivity index (χ2n) is 7.91. The maximum absolute atomic E-state index is 14.4. The Kier molecular flexibility index (Phi) is 6.60. The van der Waals surface area contributed by atoms with Crippen molar-refractivity contribution in [2.75, 3.05) is 17.3 Å². The monoisotopic (exact) mass is 462 g/mol. The van der Waals surface area contributed by atoms with Gasteiger partial charge < -0.3 is 14.4 Å². The molecule has 1 aliphatic carbocycles. The van der Waals surface area contributed by atoms with E-state index in [1.165, 1.54) is 6.07 Å². The third-order valence-corrected chi connectivity index (χ3v) is 4.95. The zero-order valence-corrected chi connectivity index (χ0v) is 18.3. The van der Waals surface area contributed by atoms with Crippen molar-refractivity contribution in [3.63, 3.8) is 0 Å². The molecule has 0 aliphatic heterocycles. The van der Waals surface area contributed by atoms with E-state index < -0.39 is 15.9 Å². The van der Waals surface area contributed by atoms with Gasteiger partial charge in [0.25, 0.3) is 5.82 Å². The van der Waals surface area contributed by atoms with E-state index in [4.69, 9.17) is 23.2 Å². The molecule has 3 aromatic rings. The first kappa shape index (κ1) is 23.4. The van der Waals surface area contributed by atoms with Crippen LogP contribution in [0.25, 0.3) is 11.1 Å². The molecule has 32 heavy (non-hydrogen) atoms. The third kappa shape index (κ3) is 6.59. The summed E-state index contributed by atoms with van der Waals surface area (Å²) in [5.74, 6) is 0.875. The van der Waals surface area contributed by atoms with Gasteiger partial charge in [-0.15, -0.1) is 0 Å². The van der Waals surface area contributed by atoms with Crippen molar-refractivity contribution in [2.45, 2.75) is 31.6 Å².